The normalized spacial score (nSPS) is 20.8. The van der Waals surface area contributed by atoms with Crippen molar-refractivity contribution in [1.82, 2.24) is 5.32 Å². The van der Waals surface area contributed by atoms with E-state index >= 15 is 0 Å². The van der Waals surface area contributed by atoms with E-state index in [9.17, 15) is 30.3 Å². The van der Waals surface area contributed by atoms with Crippen molar-refractivity contribution in [1.29, 1.82) is 0 Å². The van der Waals surface area contributed by atoms with Crippen molar-refractivity contribution < 1.29 is 39.8 Å². The second-order valence-corrected chi connectivity index (χ2v) is 17.6. The van der Waals surface area contributed by atoms with Crippen LogP contribution in [-0.4, -0.2) is 87.5 Å². The van der Waals surface area contributed by atoms with Gasteiger partial charge in [-0.1, -0.05) is 195 Å². The second-order valence-electron chi connectivity index (χ2n) is 17.6. The van der Waals surface area contributed by atoms with Crippen molar-refractivity contribution in [2.24, 2.45) is 0 Å². The molecule has 0 aromatic rings. The lowest BCUT2D eigenvalue weighted by Gasteiger charge is -2.40. The molecule has 9 nitrogen and oxygen atoms in total. The summed E-state index contributed by atoms with van der Waals surface area (Å²) in [6.45, 7) is 3.61. The van der Waals surface area contributed by atoms with Crippen molar-refractivity contribution in [3.63, 3.8) is 0 Å². The minimum Gasteiger partial charge on any atom is -0.394 e. The van der Waals surface area contributed by atoms with Gasteiger partial charge in [0.2, 0.25) is 5.91 Å². The predicted octanol–water partition coefficient (Wildman–Crippen LogP) is 12.1. The third-order valence-corrected chi connectivity index (χ3v) is 11.6. The molecule has 1 fully saturated rings. The Morgan fingerprint density at radius 2 is 0.969 bits per heavy atom. The molecule has 1 heterocycles. The number of hydrogen-bond donors (Lipinski definition) is 6. The number of amides is 1. The Morgan fingerprint density at radius 3 is 1.48 bits per heavy atom. The smallest absolute Gasteiger partial charge is 0.220 e. The standard InChI is InChI=1S/C56H95NO8/c1-3-5-7-9-11-13-15-17-19-20-21-22-23-24-25-26-27-28-29-30-32-34-36-38-40-42-44-46-52(60)57-49(48-64-56-55(63)54(62)53(61)51(47-58)65-56)50(59)45-43-41-39-37-35-33-31-18-16-14-12-10-8-6-4-2/h5,7,11,13,16-19,21-22,24-25,35,37,43,45,49-51,53-56,58-59,61-63H,3-4,6,8-10,12,14-15,20,23,26-34,36,38-42,44,46-48H2,1-2H3,(H,57,60)/b7-5-,13-11-,18-16+,19-17-,22-21-,25-24-,37-35+,45-43+. The van der Waals surface area contributed by atoms with Crippen LogP contribution in [0.5, 0.6) is 0 Å². The molecule has 1 aliphatic heterocycles. The van der Waals surface area contributed by atoms with E-state index < -0.39 is 49.5 Å². The lowest BCUT2D eigenvalue weighted by molar-refractivity contribution is -0.302. The Morgan fingerprint density at radius 1 is 0.538 bits per heavy atom. The molecule has 1 saturated heterocycles. The van der Waals surface area contributed by atoms with Gasteiger partial charge in [0.05, 0.1) is 25.4 Å². The largest absolute Gasteiger partial charge is 0.394 e. The Hall–Kier alpha value is -2.89. The fourth-order valence-electron chi connectivity index (χ4n) is 7.51. The van der Waals surface area contributed by atoms with Crippen LogP contribution in [-0.2, 0) is 14.3 Å². The van der Waals surface area contributed by atoms with Gasteiger partial charge in [-0.25, -0.2) is 0 Å². The van der Waals surface area contributed by atoms with Crippen LogP contribution in [0.2, 0.25) is 0 Å². The van der Waals surface area contributed by atoms with Crippen molar-refractivity contribution >= 4 is 5.91 Å². The van der Waals surface area contributed by atoms with Crippen LogP contribution in [0.25, 0.3) is 0 Å². The first-order valence-corrected chi connectivity index (χ1v) is 26.0. The predicted molar refractivity (Wildman–Crippen MR) is 271 cm³/mol. The van der Waals surface area contributed by atoms with E-state index in [1.165, 1.54) is 77.0 Å². The van der Waals surface area contributed by atoms with Gasteiger partial charge in [-0.05, 0) is 89.9 Å². The van der Waals surface area contributed by atoms with Crippen LogP contribution in [0.3, 0.4) is 0 Å². The summed E-state index contributed by atoms with van der Waals surface area (Å²) in [6, 6.07) is -0.835. The molecule has 7 atom stereocenters. The highest BCUT2D eigenvalue weighted by molar-refractivity contribution is 5.76. The average molecular weight is 910 g/mol. The van der Waals surface area contributed by atoms with Gasteiger partial charge in [0.1, 0.15) is 24.4 Å². The molecule has 0 aliphatic carbocycles. The first-order valence-electron chi connectivity index (χ1n) is 26.0. The van der Waals surface area contributed by atoms with Gasteiger partial charge in [0.25, 0.3) is 0 Å². The fourth-order valence-corrected chi connectivity index (χ4v) is 7.51. The number of ether oxygens (including phenoxy) is 2. The molecule has 0 saturated carbocycles. The highest BCUT2D eigenvalue weighted by Crippen LogP contribution is 2.22. The lowest BCUT2D eigenvalue weighted by atomic mass is 9.99. The summed E-state index contributed by atoms with van der Waals surface area (Å²) in [5.41, 5.74) is 0. The van der Waals surface area contributed by atoms with Crippen LogP contribution in [0, 0.1) is 0 Å². The number of rotatable bonds is 42. The Balaban J connectivity index is 2.28. The van der Waals surface area contributed by atoms with Crippen LogP contribution in [0.1, 0.15) is 194 Å². The molecule has 1 aliphatic rings. The Labute approximate surface area is 396 Å². The quantitative estimate of drug-likeness (QED) is 0.0262. The summed E-state index contributed by atoms with van der Waals surface area (Å²) < 4.78 is 11.2. The maximum atomic E-state index is 13.0. The SMILES string of the molecule is CC/C=C\C/C=C\C/C=C\C/C=C\C/C=C\CCCCCCCCCCCCCC(=O)NC(COC1OC(CO)C(O)C(O)C1O)C(O)/C=C/CC/C=C/CC/C=C/CCCCCCC. The number of nitrogens with one attached hydrogen (secondary N) is 1. The van der Waals surface area contributed by atoms with Crippen molar-refractivity contribution in [3.8, 4) is 0 Å². The first-order chi connectivity index (χ1) is 31.8. The van der Waals surface area contributed by atoms with Gasteiger partial charge in [-0.2, -0.15) is 0 Å². The van der Waals surface area contributed by atoms with Gasteiger partial charge in [0, 0.05) is 6.42 Å². The highest BCUT2D eigenvalue weighted by atomic mass is 16.7. The van der Waals surface area contributed by atoms with E-state index in [0.29, 0.717) is 6.42 Å². The zero-order valence-corrected chi connectivity index (χ0v) is 41.0. The van der Waals surface area contributed by atoms with E-state index in [-0.39, 0.29) is 12.5 Å². The first kappa shape index (κ1) is 60.1. The second kappa shape index (κ2) is 44.9. The summed E-state index contributed by atoms with van der Waals surface area (Å²) in [5.74, 6) is -0.199. The fraction of sp³-hybridized carbons (Fsp3) is 0.696. The maximum absolute atomic E-state index is 13.0. The summed E-state index contributed by atoms with van der Waals surface area (Å²) in [4.78, 5) is 13.0. The molecular formula is C56H95NO8. The molecule has 1 amide bonds. The minimum atomic E-state index is -1.58. The summed E-state index contributed by atoms with van der Waals surface area (Å²) in [5, 5.41) is 54.3. The monoisotopic (exact) mass is 910 g/mol. The van der Waals surface area contributed by atoms with Crippen molar-refractivity contribution in [2.45, 2.75) is 236 Å². The average Bonchev–Trinajstić information content (AvgIpc) is 3.31. The molecule has 65 heavy (non-hydrogen) atoms. The van der Waals surface area contributed by atoms with Crippen molar-refractivity contribution in [2.75, 3.05) is 13.2 Å². The molecule has 1 rings (SSSR count). The number of aliphatic hydroxyl groups excluding tert-OH is 5. The van der Waals surface area contributed by atoms with E-state index in [1.54, 1.807) is 6.08 Å². The Bertz CT molecular complexity index is 1330. The molecule has 7 unspecified atom stereocenters. The molecule has 6 N–H and O–H groups in total. The summed E-state index contributed by atoms with van der Waals surface area (Å²) in [7, 11) is 0. The number of unbranched alkanes of at least 4 members (excludes halogenated alkanes) is 18. The Kier molecular flexibility index (Phi) is 41.6. The molecular weight excluding hydrogens is 815 g/mol. The van der Waals surface area contributed by atoms with E-state index in [2.05, 4.69) is 104 Å². The number of carbonyl (C=O) groups is 1. The summed E-state index contributed by atoms with van der Waals surface area (Å²) in [6.07, 6.45) is 57.4. The third-order valence-electron chi connectivity index (χ3n) is 11.6. The third kappa shape index (κ3) is 35.0. The van der Waals surface area contributed by atoms with Crippen LogP contribution in [0.4, 0.5) is 0 Å². The molecule has 372 valence electrons. The van der Waals surface area contributed by atoms with Gasteiger partial charge in [0.15, 0.2) is 6.29 Å². The minimum absolute atomic E-state index is 0.199. The number of aliphatic hydroxyl groups is 5. The molecule has 0 aromatic heterocycles. The van der Waals surface area contributed by atoms with Gasteiger partial charge in [-0.15, -0.1) is 0 Å². The molecule has 0 bridgehead atoms. The van der Waals surface area contributed by atoms with E-state index in [4.69, 9.17) is 9.47 Å². The van der Waals surface area contributed by atoms with Crippen LogP contribution >= 0.6 is 0 Å². The zero-order chi connectivity index (χ0) is 47.3. The highest BCUT2D eigenvalue weighted by Gasteiger charge is 2.44. The summed E-state index contributed by atoms with van der Waals surface area (Å²) >= 11 is 0. The zero-order valence-electron chi connectivity index (χ0n) is 41.0. The molecule has 0 radical (unpaired) electrons. The van der Waals surface area contributed by atoms with Crippen LogP contribution in [0.15, 0.2) is 97.2 Å². The van der Waals surface area contributed by atoms with Crippen LogP contribution < -0.4 is 5.32 Å². The molecule has 0 spiro atoms. The van der Waals surface area contributed by atoms with Gasteiger partial charge < -0.3 is 40.3 Å². The van der Waals surface area contributed by atoms with Gasteiger partial charge >= 0.3 is 0 Å². The lowest BCUT2D eigenvalue weighted by Crippen LogP contribution is -2.60. The maximum Gasteiger partial charge on any atom is 0.220 e. The van der Waals surface area contributed by atoms with E-state index in [0.717, 1.165) is 96.3 Å². The number of carbonyl (C=O) groups excluding carboxylic acids is 1. The molecule has 9 heteroatoms. The van der Waals surface area contributed by atoms with Gasteiger partial charge in [-0.3, -0.25) is 4.79 Å². The topological polar surface area (TPSA) is 149 Å². The number of hydrogen-bond acceptors (Lipinski definition) is 8. The van der Waals surface area contributed by atoms with E-state index in [1.807, 2.05) is 6.08 Å². The molecule has 0 aromatic carbocycles. The van der Waals surface area contributed by atoms with Crippen molar-refractivity contribution in [3.05, 3.63) is 97.2 Å². The number of allylic oxidation sites excluding steroid dienone is 15.